The lowest BCUT2D eigenvalue weighted by molar-refractivity contribution is 0.533. The van der Waals surface area contributed by atoms with Gasteiger partial charge in [-0.1, -0.05) is 0 Å². The van der Waals surface area contributed by atoms with Gasteiger partial charge in [0.15, 0.2) is 0 Å². The predicted octanol–water partition coefficient (Wildman–Crippen LogP) is 0.689. The second-order valence-corrected chi connectivity index (χ2v) is 1.87. The molecular formula is C5H10N2. The predicted molar refractivity (Wildman–Crippen MR) is 29.6 cm³/mol. The van der Waals surface area contributed by atoms with Crippen molar-refractivity contribution in [1.29, 1.82) is 5.41 Å². The summed E-state index contributed by atoms with van der Waals surface area (Å²) in [5, 5.41) is 6.80. The summed E-state index contributed by atoms with van der Waals surface area (Å²) in [5.41, 5.74) is 0. The van der Waals surface area contributed by atoms with Gasteiger partial charge in [-0.25, -0.2) is 0 Å². The lowest BCUT2D eigenvalue weighted by atomic mass is 10.4. The summed E-state index contributed by atoms with van der Waals surface area (Å²) in [6.45, 7) is 2.20. The molecule has 1 saturated heterocycles. The first-order valence-electron chi connectivity index (χ1n) is 2.68. The highest BCUT2D eigenvalue weighted by atomic mass is 15.1. The fourth-order valence-electron chi connectivity index (χ4n) is 0.871. The Kier molecular flexibility index (Phi) is 1.29. The van der Waals surface area contributed by atoms with Gasteiger partial charge < -0.3 is 4.90 Å². The monoisotopic (exact) mass is 98.1 g/mol. The van der Waals surface area contributed by atoms with Crippen LogP contribution in [-0.4, -0.2) is 24.3 Å². The summed E-state index contributed by atoms with van der Waals surface area (Å²) in [6, 6.07) is 0. The largest absolute Gasteiger partial charge is 0.363 e. The van der Waals surface area contributed by atoms with Crippen molar-refractivity contribution in [2.45, 2.75) is 12.8 Å². The van der Waals surface area contributed by atoms with Crippen LogP contribution in [0.3, 0.4) is 0 Å². The van der Waals surface area contributed by atoms with E-state index >= 15 is 0 Å². The summed E-state index contributed by atoms with van der Waals surface area (Å²) in [6.07, 6.45) is 3.97. The summed E-state index contributed by atoms with van der Waals surface area (Å²) in [4.78, 5) is 2.03. The molecule has 0 atom stereocenters. The Morgan fingerprint density at radius 1 is 1.29 bits per heavy atom. The molecular weight excluding hydrogens is 88.1 g/mol. The highest BCUT2D eigenvalue weighted by Gasteiger charge is 2.04. The van der Waals surface area contributed by atoms with Crippen LogP contribution >= 0.6 is 0 Å². The Morgan fingerprint density at radius 3 is 2.14 bits per heavy atom. The molecule has 0 bridgehead atoms. The highest BCUT2D eigenvalue weighted by Crippen LogP contribution is 2.02. The smallest absolute Gasteiger partial charge is 0.0817 e. The van der Waals surface area contributed by atoms with E-state index in [9.17, 15) is 0 Å². The van der Waals surface area contributed by atoms with Crippen LogP contribution in [0.5, 0.6) is 0 Å². The minimum atomic E-state index is 1.10. The Balaban J connectivity index is 2.26. The zero-order valence-electron chi connectivity index (χ0n) is 4.35. The fraction of sp³-hybridized carbons (Fsp3) is 0.800. The standard InChI is InChI=1S/C5H10N2/c6-5-7-3-1-2-4-7/h5-6H,1-4H2. The molecule has 0 aromatic carbocycles. The van der Waals surface area contributed by atoms with Gasteiger partial charge in [0.05, 0.1) is 6.34 Å². The van der Waals surface area contributed by atoms with E-state index in [2.05, 4.69) is 0 Å². The first-order chi connectivity index (χ1) is 3.43. The van der Waals surface area contributed by atoms with Crippen LogP contribution < -0.4 is 0 Å². The lowest BCUT2D eigenvalue weighted by Gasteiger charge is -2.05. The van der Waals surface area contributed by atoms with Gasteiger partial charge in [-0.15, -0.1) is 0 Å². The van der Waals surface area contributed by atoms with Crippen LogP contribution in [0, 0.1) is 5.41 Å². The van der Waals surface area contributed by atoms with Gasteiger partial charge in [0.2, 0.25) is 0 Å². The molecule has 0 saturated carbocycles. The molecule has 0 aromatic heterocycles. The highest BCUT2D eigenvalue weighted by molar-refractivity contribution is 5.50. The van der Waals surface area contributed by atoms with Crippen LogP contribution in [0.15, 0.2) is 0 Å². The normalized spacial score (nSPS) is 20.3. The topological polar surface area (TPSA) is 27.1 Å². The van der Waals surface area contributed by atoms with Crippen LogP contribution in [0.25, 0.3) is 0 Å². The van der Waals surface area contributed by atoms with Crippen molar-refractivity contribution in [3.63, 3.8) is 0 Å². The number of rotatable bonds is 1. The number of hydrogen-bond donors (Lipinski definition) is 1. The second kappa shape index (κ2) is 1.96. The maximum absolute atomic E-state index is 6.80. The SMILES string of the molecule is N=CN1CCCC1. The number of hydrogen-bond acceptors (Lipinski definition) is 1. The summed E-state index contributed by atoms with van der Waals surface area (Å²) < 4.78 is 0. The second-order valence-electron chi connectivity index (χ2n) is 1.87. The molecule has 1 rings (SSSR count). The minimum Gasteiger partial charge on any atom is -0.363 e. The summed E-state index contributed by atoms with van der Waals surface area (Å²) >= 11 is 0. The van der Waals surface area contributed by atoms with E-state index in [0.29, 0.717) is 0 Å². The zero-order chi connectivity index (χ0) is 5.11. The average Bonchev–Trinajstić information content (AvgIpc) is 2.14. The van der Waals surface area contributed by atoms with Crippen molar-refractivity contribution in [2.75, 3.05) is 13.1 Å². The maximum atomic E-state index is 6.80. The maximum Gasteiger partial charge on any atom is 0.0817 e. The van der Waals surface area contributed by atoms with Gasteiger partial charge in [-0.2, -0.15) is 0 Å². The molecule has 7 heavy (non-hydrogen) atoms. The third-order valence-corrected chi connectivity index (χ3v) is 1.32. The van der Waals surface area contributed by atoms with Crippen LogP contribution in [0.4, 0.5) is 0 Å². The zero-order valence-corrected chi connectivity index (χ0v) is 4.35. The van der Waals surface area contributed by atoms with Crippen LogP contribution in [0.2, 0.25) is 0 Å². The van der Waals surface area contributed by atoms with E-state index in [0.717, 1.165) is 13.1 Å². The quantitative estimate of drug-likeness (QED) is 0.379. The van der Waals surface area contributed by atoms with Crippen LogP contribution in [0.1, 0.15) is 12.8 Å². The van der Waals surface area contributed by atoms with Crippen molar-refractivity contribution in [3.8, 4) is 0 Å². The van der Waals surface area contributed by atoms with Gasteiger partial charge in [0.25, 0.3) is 0 Å². The van der Waals surface area contributed by atoms with Gasteiger partial charge in [0, 0.05) is 13.1 Å². The van der Waals surface area contributed by atoms with Gasteiger partial charge in [0.1, 0.15) is 0 Å². The molecule has 0 aromatic rings. The van der Waals surface area contributed by atoms with Crippen molar-refractivity contribution < 1.29 is 0 Å². The molecule has 1 fully saturated rings. The Labute approximate surface area is 43.6 Å². The average molecular weight is 98.1 g/mol. The first kappa shape index (κ1) is 4.62. The first-order valence-corrected chi connectivity index (χ1v) is 2.68. The van der Waals surface area contributed by atoms with E-state index < -0.39 is 0 Å². The van der Waals surface area contributed by atoms with E-state index in [1.54, 1.807) is 0 Å². The Hall–Kier alpha value is -0.530. The molecule has 40 valence electrons. The van der Waals surface area contributed by atoms with Gasteiger partial charge in [-0.05, 0) is 12.8 Å². The third-order valence-electron chi connectivity index (χ3n) is 1.32. The molecule has 0 spiro atoms. The van der Waals surface area contributed by atoms with Crippen molar-refractivity contribution in [3.05, 3.63) is 0 Å². The minimum absolute atomic E-state index is 1.10. The molecule has 0 amide bonds. The molecule has 1 aliphatic heterocycles. The fourth-order valence-corrected chi connectivity index (χ4v) is 0.871. The van der Waals surface area contributed by atoms with Crippen molar-refractivity contribution >= 4 is 6.34 Å². The van der Waals surface area contributed by atoms with E-state index in [4.69, 9.17) is 5.41 Å². The van der Waals surface area contributed by atoms with Crippen molar-refractivity contribution in [2.24, 2.45) is 0 Å². The number of nitrogens with zero attached hydrogens (tertiary/aromatic N) is 1. The van der Waals surface area contributed by atoms with E-state index in [-0.39, 0.29) is 0 Å². The summed E-state index contributed by atoms with van der Waals surface area (Å²) in [7, 11) is 0. The number of nitrogens with one attached hydrogen (secondary N) is 1. The molecule has 2 heteroatoms. The van der Waals surface area contributed by atoms with Crippen molar-refractivity contribution in [1.82, 2.24) is 4.90 Å². The molecule has 0 unspecified atom stereocenters. The Bertz CT molecular complexity index is 64.5. The van der Waals surface area contributed by atoms with Gasteiger partial charge in [-0.3, -0.25) is 5.41 Å². The molecule has 1 aliphatic rings. The number of likely N-dealkylation sites (tertiary alicyclic amines) is 1. The van der Waals surface area contributed by atoms with Gasteiger partial charge >= 0.3 is 0 Å². The molecule has 0 radical (unpaired) electrons. The van der Waals surface area contributed by atoms with E-state index in [1.165, 1.54) is 19.2 Å². The lowest BCUT2D eigenvalue weighted by Crippen LogP contribution is -2.15. The third kappa shape index (κ3) is 0.918. The molecule has 2 nitrogen and oxygen atoms in total. The molecule has 0 aliphatic carbocycles. The van der Waals surface area contributed by atoms with E-state index in [1.807, 2.05) is 4.90 Å². The summed E-state index contributed by atoms with van der Waals surface area (Å²) in [5.74, 6) is 0. The molecule has 1 N–H and O–H groups in total. The molecule has 1 heterocycles. The Morgan fingerprint density at radius 2 is 1.86 bits per heavy atom. The van der Waals surface area contributed by atoms with Crippen LogP contribution in [-0.2, 0) is 0 Å².